The second-order valence-electron chi connectivity index (χ2n) is 2.07. The average molecular weight is 139 g/mol. The first kappa shape index (κ1) is 8.95. The maximum atomic E-state index is 10.3. The molecule has 0 aromatic carbocycles. The van der Waals surface area contributed by atoms with Gasteiger partial charge >= 0.3 is 0 Å². The summed E-state index contributed by atoms with van der Waals surface area (Å²) in [7, 11) is 0. The zero-order valence-corrected chi connectivity index (χ0v) is 6.64. The monoisotopic (exact) mass is 139 g/mol. The summed E-state index contributed by atoms with van der Waals surface area (Å²) >= 11 is 0. The van der Waals surface area contributed by atoms with E-state index in [0.717, 1.165) is 5.57 Å². The van der Waals surface area contributed by atoms with Crippen molar-refractivity contribution >= 4 is 5.91 Å². The molecule has 1 N–H and O–H groups in total. The van der Waals surface area contributed by atoms with Gasteiger partial charge in [0.25, 0.3) is 0 Å². The maximum absolute atomic E-state index is 10.3. The van der Waals surface area contributed by atoms with Crippen LogP contribution in [0.1, 0.15) is 20.8 Å². The highest BCUT2D eigenvalue weighted by Crippen LogP contribution is 1.90. The number of amides is 1. The molecule has 0 atom stereocenters. The summed E-state index contributed by atoms with van der Waals surface area (Å²) in [5, 5.41) is 2.55. The minimum atomic E-state index is -0.0415. The summed E-state index contributed by atoms with van der Waals surface area (Å²) in [4.78, 5) is 10.3. The molecule has 0 spiro atoms. The molecule has 56 valence electrons. The molecule has 0 fully saturated rings. The Morgan fingerprint density at radius 1 is 1.40 bits per heavy atom. The Balaban J connectivity index is 3.67. The van der Waals surface area contributed by atoms with Gasteiger partial charge in [-0.05, 0) is 19.9 Å². The molecule has 0 rings (SSSR count). The van der Waals surface area contributed by atoms with E-state index in [1.165, 1.54) is 6.92 Å². The van der Waals surface area contributed by atoms with Gasteiger partial charge in [-0.3, -0.25) is 4.79 Å². The van der Waals surface area contributed by atoms with E-state index in [2.05, 4.69) is 5.32 Å². The molecule has 1 amide bonds. The van der Waals surface area contributed by atoms with E-state index < -0.39 is 0 Å². The third kappa shape index (κ3) is 5.09. The first-order valence-electron chi connectivity index (χ1n) is 3.23. The Kier molecular flexibility index (Phi) is 4.29. The molecule has 0 heterocycles. The molecule has 0 aliphatic carbocycles. The minimum absolute atomic E-state index is 0.0415. The highest BCUT2D eigenvalue weighted by molar-refractivity contribution is 5.73. The Morgan fingerprint density at radius 2 is 2.00 bits per heavy atom. The van der Waals surface area contributed by atoms with Crippen molar-refractivity contribution in [2.24, 2.45) is 0 Å². The van der Waals surface area contributed by atoms with Gasteiger partial charge in [0.2, 0.25) is 5.91 Å². The van der Waals surface area contributed by atoms with Gasteiger partial charge in [0.1, 0.15) is 0 Å². The van der Waals surface area contributed by atoms with Crippen LogP contribution in [0.4, 0.5) is 0 Å². The van der Waals surface area contributed by atoms with Gasteiger partial charge < -0.3 is 5.32 Å². The summed E-state index contributed by atoms with van der Waals surface area (Å²) in [5.74, 6) is -0.0415. The molecular formula is C8H13NO. The summed E-state index contributed by atoms with van der Waals surface area (Å²) in [5.41, 5.74) is 1.13. The normalized spacial score (nSPS) is 12.1. The van der Waals surface area contributed by atoms with Crippen LogP contribution < -0.4 is 5.32 Å². The number of allylic oxidation sites excluding steroid dienone is 3. The van der Waals surface area contributed by atoms with Crippen molar-refractivity contribution in [1.82, 2.24) is 5.32 Å². The average Bonchev–Trinajstić information content (AvgIpc) is 1.87. The minimum Gasteiger partial charge on any atom is -0.333 e. The molecule has 0 unspecified atom stereocenters. The molecule has 0 aliphatic rings. The van der Waals surface area contributed by atoms with Crippen LogP contribution in [0.5, 0.6) is 0 Å². The van der Waals surface area contributed by atoms with Gasteiger partial charge in [0.15, 0.2) is 0 Å². The topological polar surface area (TPSA) is 29.1 Å². The highest BCUT2D eigenvalue weighted by Gasteiger charge is 1.81. The quantitative estimate of drug-likeness (QED) is 0.578. The first-order valence-corrected chi connectivity index (χ1v) is 3.23. The summed E-state index contributed by atoms with van der Waals surface area (Å²) in [6.07, 6.45) is 5.46. The fraction of sp³-hybridized carbons (Fsp3) is 0.375. The molecule has 0 bridgehead atoms. The number of nitrogens with one attached hydrogen (secondary N) is 1. The van der Waals surface area contributed by atoms with Crippen molar-refractivity contribution < 1.29 is 4.79 Å². The van der Waals surface area contributed by atoms with Crippen LogP contribution in [-0.2, 0) is 4.79 Å². The third-order valence-electron chi connectivity index (χ3n) is 1.09. The molecule has 2 heteroatoms. The van der Waals surface area contributed by atoms with E-state index in [4.69, 9.17) is 0 Å². The van der Waals surface area contributed by atoms with Gasteiger partial charge in [-0.25, -0.2) is 0 Å². The smallest absolute Gasteiger partial charge is 0.220 e. The Morgan fingerprint density at radius 3 is 2.40 bits per heavy atom. The van der Waals surface area contributed by atoms with Crippen molar-refractivity contribution in [2.75, 3.05) is 0 Å². The SMILES string of the molecule is C/C=C(C)\C=C/NC(C)=O. The zero-order chi connectivity index (χ0) is 7.98. The Hall–Kier alpha value is -1.05. The predicted molar refractivity (Wildman–Crippen MR) is 42.4 cm³/mol. The van der Waals surface area contributed by atoms with Crippen molar-refractivity contribution in [1.29, 1.82) is 0 Å². The van der Waals surface area contributed by atoms with Crippen LogP contribution >= 0.6 is 0 Å². The van der Waals surface area contributed by atoms with Gasteiger partial charge in [-0.15, -0.1) is 0 Å². The van der Waals surface area contributed by atoms with E-state index in [9.17, 15) is 4.79 Å². The van der Waals surface area contributed by atoms with E-state index in [1.54, 1.807) is 6.20 Å². The Labute approximate surface area is 61.6 Å². The van der Waals surface area contributed by atoms with E-state index in [0.29, 0.717) is 0 Å². The van der Waals surface area contributed by atoms with Gasteiger partial charge in [0.05, 0.1) is 0 Å². The van der Waals surface area contributed by atoms with Crippen LogP contribution in [0.25, 0.3) is 0 Å². The van der Waals surface area contributed by atoms with Crippen molar-refractivity contribution in [3.8, 4) is 0 Å². The van der Waals surface area contributed by atoms with Gasteiger partial charge in [0, 0.05) is 13.1 Å². The van der Waals surface area contributed by atoms with Gasteiger partial charge in [-0.2, -0.15) is 0 Å². The molecule has 0 aliphatic heterocycles. The Bertz CT molecular complexity index is 168. The largest absolute Gasteiger partial charge is 0.333 e. The molecular weight excluding hydrogens is 126 g/mol. The number of carbonyl (C=O) groups is 1. The van der Waals surface area contributed by atoms with Crippen molar-refractivity contribution in [3.63, 3.8) is 0 Å². The number of carbonyl (C=O) groups excluding carboxylic acids is 1. The summed E-state index contributed by atoms with van der Waals surface area (Å²) < 4.78 is 0. The molecule has 0 saturated carbocycles. The van der Waals surface area contributed by atoms with Crippen molar-refractivity contribution in [3.05, 3.63) is 23.9 Å². The van der Waals surface area contributed by atoms with E-state index >= 15 is 0 Å². The lowest BCUT2D eigenvalue weighted by Gasteiger charge is -1.90. The summed E-state index contributed by atoms with van der Waals surface area (Å²) in [6, 6.07) is 0. The molecule has 0 radical (unpaired) electrons. The van der Waals surface area contributed by atoms with Crippen LogP contribution in [0.2, 0.25) is 0 Å². The number of hydrogen-bond donors (Lipinski definition) is 1. The third-order valence-corrected chi connectivity index (χ3v) is 1.09. The first-order chi connectivity index (χ1) is 4.66. The molecule has 10 heavy (non-hydrogen) atoms. The predicted octanol–water partition coefficient (Wildman–Crippen LogP) is 1.60. The second kappa shape index (κ2) is 4.79. The maximum Gasteiger partial charge on any atom is 0.220 e. The molecule has 0 aromatic rings. The zero-order valence-electron chi connectivity index (χ0n) is 6.64. The van der Waals surface area contributed by atoms with Crippen LogP contribution in [0.15, 0.2) is 23.9 Å². The lowest BCUT2D eigenvalue weighted by molar-refractivity contribution is -0.118. The molecule has 2 nitrogen and oxygen atoms in total. The molecule has 0 saturated heterocycles. The van der Waals surface area contributed by atoms with Crippen molar-refractivity contribution in [2.45, 2.75) is 20.8 Å². The summed E-state index contributed by atoms with van der Waals surface area (Å²) in [6.45, 7) is 5.40. The fourth-order valence-corrected chi connectivity index (χ4v) is 0.387. The second-order valence-corrected chi connectivity index (χ2v) is 2.07. The van der Waals surface area contributed by atoms with Crippen LogP contribution in [0, 0.1) is 0 Å². The highest BCUT2D eigenvalue weighted by atomic mass is 16.1. The molecule has 0 aromatic heterocycles. The van der Waals surface area contributed by atoms with E-state index in [1.807, 2.05) is 26.0 Å². The standard InChI is InChI=1S/C8H13NO/c1-4-7(2)5-6-9-8(3)10/h4-6H,1-3H3,(H,9,10)/b6-5-,7-4-. The lowest BCUT2D eigenvalue weighted by Crippen LogP contribution is -2.11. The van der Waals surface area contributed by atoms with Crippen LogP contribution in [0.3, 0.4) is 0 Å². The lowest BCUT2D eigenvalue weighted by atomic mass is 10.3. The van der Waals surface area contributed by atoms with E-state index in [-0.39, 0.29) is 5.91 Å². The fourth-order valence-electron chi connectivity index (χ4n) is 0.387. The van der Waals surface area contributed by atoms with Gasteiger partial charge in [-0.1, -0.05) is 11.6 Å². The number of rotatable bonds is 2. The van der Waals surface area contributed by atoms with Crippen LogP contribution in [-0.4, -0.2) is 5.91 Å². The number of hydrogen-bond acceptors (Lipinski definition) is 1.